The SMILES string of the molecule is Cl.Fc1ccc(F)c(-n2nc(OCC3CCNC3)c3cc(F)ccc32)c1. The molecule has 0 spiro atoms. The third-order valence-electron chi connectivity index (χ3n) is 4.36. The van der Waals surface area contributed by atoms with Crippen LogP contribution in [0, 0.1) is 23.4 Å². The van der Waals surface area contributed by atoms with Crippen LogP contribution in [0.1, 0.15) is 6.42 Å². The highest BCUT2D eigenvalue weighted by Crippen LogP contribution is 2.30. The van der Waals surface area contributed by atoms with Gasteiger partial charge < -0.3 is 10.1 Å². The van der Waals surface area contributed by atoms with E-state index in [2.05, 4.69) is 10.4 Å². The van der Waals surface area contributed by atoms with E-state index in [4.69, 9.17) is 4.74 Å². The van der Waals surface area contributed by atoms with Crippen molar-refractivity contribution in [3.8, 4) is 11.6 Å². The van der Waals surface area contributed by atoms with Crippen molar-refractivity contribution in [1.29, 1.82) is 0 Å². The van der Waals surface area contributed by atoms with E-state index in [1.807, 2.05) is 0 Å². The van der Waals surface area contributed by atoms with E-state index >= 15 is 0 Å². The molecule has 0 bridgehead atoms. The maximum Gasteiger partial charge on any atom is 0.241 e. The first-order valence-electron chi connectivity index (χ1n) is 8.09. The van der Waals surface area contributed by atoms with Crippen LogP contribution < -0.4 is 10.1 Å². The molecule has 1 aliphatic heterocycles. The predicted octanol–water partition coefficient (Wildman–Crippen LogP) is 3.85. The minimum absolute atomic E-state index is 0. The van der Waals surface area contributed by atoms with Gasteiger partial charge in [-0.05, 0) is 43.3 Å². The highest BCUT2D eigenvalue weighted by atomic mass is 35.5. The molecule has 1 aliphatic rings. The summed E-state index contributed by atoms with van der Waals surface area (Å²) in [6.45, 7) is 2.22. The van der Waals surface area contributed by atoms with Crippen LogP contribution in [0.15, 0.2) is 36.4 Å². The molecule has 1 unspecified atom stereocenters. The van der Waals surface area contributed by atoms with Crippen LogP contribution in [0.2, 0.25) is 0 Å². The monoisotopic (exact) mass is 383 g/mol. The van der Waals surface area contributed by atoms with Gasteiger partial charge in [0.05, 0.1) is 17.5 Å². The first-order valence-corrected chi connectivity index (χ1v) is 8.09. The van der Waals surface area contributed by atoms with Crippen LogP contribution in [-0.2, 0) is 0 Å². The van der Waals surface area contributed by atoms with Crippen molar-refractivity contribution >= 4 is 23.3 Å². The minimum atomic E-state index is -0.623. The van der Waals surface area contributed by atoms with Gasteiger partial charge in [-0.3, -0.25) is 0 Å². The van der Waals surface area contributed by atoms with Crippen LogP contribution >= 0.6 is 12.4 Å². The standard InChI is InChI=1S/C18H16F3N3O.ClH/c19-12-2-4-16-14(7-12)18(25-10-11-5-6-22-9-11)23-24(16)17-8-13(20)1-3-15(17)21;/h1-4,7-8,11,22H,5-6,9-10H2;1H. The van der Waals surface area contributed by atoms with Crippen LogP contribution in [0.25, 0.3) is 16.6 Å². The summed E-state index contributed by atoms with van der Waals surface area (Å²) in [7, 11) is 0. The van der Waals surface area contributed by atoms with Crippen molar-refractivity contribution in [2.45, 2.75) is 6.42 Å². The van der Waals surface area contributed by atoms with Gasteiger partial charge in [-0.2, -0.15) is 0 Å². The molecule has 26 heavy (non-hydrogen) atoms. The molecular formula is C18H17ClF3N3O. The van der Waals surface area contributed by atoms with Gasteiger partial charge in [-0.1, -0.05) is 0 Å². The Balaban J connectivity index is 0.00000196. The maximum atomic E-state index is 14.2. The molecule has 2 aromatic carbocycles. The summed E-state index contributed by atoms with van der Waals surface area (Å²) in [5.41, 5.74) is 0.402. The second-order valence-corrected chi connectivity index (χ2v) is 6.14. The molecule has 8 heteroatoms. The number of hydrogen-bond acceptors (Lipinski definition) is 3. The quantitative estimate of drug-likeness (QED) is 0.743. The van der Waals surface area contributed by atoms with E-state index in [0.29, 0.717) is 23.4 Å². The van der Waals surface area contributed by atoms with E-state index in [1.165, 1.54) is 22.9 Å². The number of nitrogens with one attached hydrogen (secondary N) is 1. The first kappa shape index (κ1) is 18.5. The van der Waals surface area contributed by atoms with Gasteiger partial charge in [0.1, 0.15) is 23.1 Å². The summed E-state index contributed by atoms with van der Waals surface area (Å²) in [6.07, 6.45) is 0.992. The van der Waals surface area contributed by atoms with E-state index in [-0.39, 0.29) is 24.0 Å². The fraction of sp³-hybridized carbons (Fsp3) is 0.278. The summed E-state index contributed by atoms with van der Waals surface area (Å²) in [6, 6.07) is 7.14. The second-order valence-electron chi connectivity index (χ2n) is 6.14. The van der Waals surface area contributed by atoms with E-state index in [0.717, 1.165) is 37.7 Å². The molecule has 0 saturated carbocycles. The molecule has 4 rings (SSSR count). The molecule has 1 atom stereocenters. The lowest BCUT2D eigenvalue weighted by Gasteiger charge is -2.08. The van der Waals surface area contributed by atoms with Gasteiger partial charge in [-0.25, -0.2) is 17.9 Å². The van der Waals surface area contributed by atoms with Crippen LogP contribution in [0.3, 0.4) is 0 Å². The molecule has 1 saturated heterocycles. The molecule has 0 aliphatic carbocycles. The molecule has 4 nitrogen and oxygen atoms in total. The molecule has 0 amide bonds. The maximum absolute atomic E-state index is 14.2. The molecular weight excluding hydrogens is 367 g/mol. The van der Waals surface area contributed by atoms with Crippen molar-refractivity contribution in [3.05, 3.63) is 53.8 Å². The second kappa shape index (κ2) is 7.55. The molecule has 3 aromatic rings. The number of rotatable bonds is 4. The van der Waals surface area contributed by atoms with Crippen molar-refractivity contribution < 1.29 is 17.9 Å². The van der Waals surface area contributed by atoms with E-state index in [1.54, 1.807) is 0 Å². The molecule has 1 N–H and O–H groups in total. The van der Waals surface area contributed by atoms with Gasteiger partial charge in [0.25, 0.3) is 0 Å². The number of aromatic nitrogens is 2. The van der Waals surface area contributed by atoms with Crippen molar-refractivity contribution in [3.63, 3.8) is 0 Å². The zero-order chi connectivity index (χ0) is 17.4. The van der Waals surface area contributed by atoms with Crippen LogP contribution in [0.4, 0.5) is 13.2 Å². The van der Waals surface area contributed by atoms with Crippen molar-refractivity contribution in [2.24, 2.45) is 5.92 Å². The Bertz CT molecular complexity index is 925. The fourth-order valence-corrected chi connectivity index (χ4v) is 3.05. The van der Waals surface area contributed by atoms with Gasteiger partial charge in [0.15, 0.2) is 0 Å². The normalized spacial score (nSPS) is 16.7. The number of halogens is 4. The summed E-state index contributed by atoms with van der Waals surface area (Å²) in [5.74, 6) is -1.09. The van der Waals surface area contributed by atoms with E-state index < -0.39 is 17.5 Å². The number of ether oxygens (including phenoxy) is 1. The first-order chi connectivity index (χ1) is 12.1. The molecule has 138 valence electrons. The average Bonchev–Trinajstić information content (AvgIpc) is 3.23. The van der Waals surface area contributed by atoms with Gasteiger partial charge in [-0.15, -0.1) is 17.5 Å². The Morgan fingerprint density at radius 1 is 1.12 bits per heavy atom. The lowest BCUT2D eigenvalue weighted by Crippen LogP contribution is -2.15. The summed E-state index contributed by atoms with van der Waals surface area (Å²) < 4.78 is 48.4. The number of benzene rings is 2. The molecule has 1 aromatic heterocycles. The third-order valence-corrected chi connectivity index (χ3v) is 4.36. The summed E-state index contributed by atoms with van der Waals surface area (Å²) in [4.78, 5) is 0. The molecule has 1 fully saturated rings. The largest absolute Gasteiger partial charge is 0.476 e. The summed E-state index contributed by atoms with van der Waals surface area (Å²) >= 11 is 0. The highest BCUT2D eigenvalue weighted by Gasteiger charge is 2.20. The Morgan fingerprint density at radius 3 is 2.65 bits per heavy atom. The lowest BCUT2D eigenvalue weighted by molar-refractivity contribution is 0.252. The smallest absolute Gasteiger partial charge is 0.241 e. The number of fused-ring (bicyclic) bond motifs is 1. The Kier molecular flexibility index (Phi) is 5.38. The Labute approximate surface area is 154 Å². The Hall–Kier alpha value is -2.25. The fourth-order valence-electron chi connectivity index (χ4n) is 3.05. The van der Waals surface area contributed by atoms with Crippen LogP contribution in [0.5, 0.6) is 5.88 Å². The van der Waals surface area contributed by atoms with Gasteiger partial charge >= 0.3 is 0 Å². The minimum Gasteiger partial charge on any atom is -0.476 e. The number of nitrogens with zero attached hydrogens (tertiary/aromatic N) is 2. The summed E-state index contributed by atoms with van der Waals surface area (Å²) in [5, 5.41) is 7.93. The van der Waals surface area contributed by atoms with Gasteiger partial charge in [0.2, 0.25) is 5.88 Å². The third kappa shape index (κ3) is 3.50. The predicted molar refractivity (Wildman–Crippen MR) is 94.7 cm³/mol. The zero-order valence-corrected chi connectivity index (χ0v) is 14.5. The van der Waals surface area contributed by atoms with E-state index in [9.17, 15) is 13.2 Å². The molecule has 0 radical (unpaired) electrons. The van der Waals surface area contributed by atoms with Gasteiger partial charge in [0, 0.05) is 18.5 Å². The van der Waals surface area contributed by atoms with Crippen molar-refractivity contribution in [2.75, 3.05) is 19.7 Å². The topological polar surface area (TPSA) is 39.1 Å². The lowest BCUT2D eigenvalue weighted by atomic mass is 10.1. The average molecular weight is 384 g/mol. The zero-order valence-electron chi connectivity index (χ0n) is 13.7. The molecule has 2 heterocycles. The van der Waals surface area contributed by atoms with Crippen molar-refractivity contribution in [1.82, 2.24) is 15.1 Å². The number of hydrogen-bond donors (Lipinski definition) is 1. The highest BCUT2D eigenvalue weighted by molar-refractivity contribution is 5.86. The Morgan fingerprint density at radius 2 is 1.88 bits per heavy atom. The van der Waals surface area contributed by atoms with Crippen LogP contribution in [-0.4, -0.2) is 29.5 Å².